The molecule has 0 unspecified atom stereocenters. The molecule has 3 aromatic carbocycles. The van der Waals surface area contributed by atoms with E-state index < -0.39 is 5.91 Å². The van der Waals surface area contributed by atoms with Gasteiger partial charge in [0.1, 0.15) is 23.8 Å². The number of aromatic amines is 1. The molecule has 7 nitrogen and oxygen atoms in total. The van der Waals surface area contributed by atoms with E-state index >= 15 is 0 Å². The number of carbonyl (C=O) groups excluding carboxylic acids is 1. The molecule has 0 aliphatic carbocycles. The highest BCUT2D eigenvalue weighted by molar-refractivity contribution is 5.94. The van der Waals surface area contributed by atoms with Gasteiger partial charge < -0.3 is 9.84 Å². The maximum atomic E-state index is 12.4. The minimum absolute atomic E-state index is 0.166. The monoisotopic (exact) mass is 412 g/mol. The van der Waals surface area contributed by atoms with Gasteiger partial charge in [-0.15, -0.1) is 0 Å². The number of hydrogen-bond donors (Lipinski definition) is 3. The molecule has 1 amide bonds. The number of para-hydroxylation sites is 1. The summed E-state index contributed by atoms with van der Waals surface area (Å²) in [5, 5.41) is 20.2. The Labute approximate surface area is 179 Å². The summed E-state index contributed by atoms with van der Waals surface area (Å²) in [5.74, 6) is 0.422. The summed E-state index contributed by atoms with van der Waals surface area (Å²) < 4.78 is 5.97. The Balaban J connectivity index is 1.43. The Hall–Kier alpha value is -4.39. The molecular weight excluding hydrogens is 392 g/mol. The van der Waals surface area contributed by atoms with Crippen LogP contribution in [0.15, 0.2) is 90.0 Å². The number of aromatic hydroxyl groups is 1. The van der Waals surface area contributed by atoms with Gasteiger partial charge in [0.25, 0.3) is 5.91 Å². The predicted octanol–water partition coefficient (Wildman–Crippen LogP) is 4.13. The number of aromatic nitrogens is 2. The number of benzene rings is 3. The number of phenolic OH excluding ortho intramolecular Hbond substituents is 1. The Bertz CT molecular complexity index is 1180. The molecule has 0 bridgehead atoms. The Morgan fingerprint density at radius 3 is 2.58 bits per heavy atom. The van der Waals surface area contributed by atoms with E-state index in [0.717, 1.165) is 16.7 Å². The van der Waals surface area contributed by atoms with Crippen molar-refractivity contribution in [3.63, 3.8) is 0 Å². The van der Waals surface area contributed by atoms with Crippen LogP contribution in [-0.4, -0.2) is 27.4 Å². The number of nitrogens with zero attached hydrogens (tertiary/aromatic N) is 2. The van der Waals surface area contributed by atoms with Crippen molar-refractivity contribution in [2.45, 2.75) is 6.61 Å². The number of carbonyl (C=O) groups is 1. The molecule has 1 heterocycles. The average molecular weight is 412 g/mol. The number of rotatable bonds is 7. The number of phenols is 1. The van der Waals surface area contributed by atoms with Crippen molar-refractivity contribution in [2.24, 2.45) is 5.10 Å². The molecule has 7 heteroatoms. The highest BCUT2D eigenvalue weighted by Crippen LogP contribution is 2.29. The molecule has 0 saturated heterocycles. The summed E-state index contributed by atoms with van der Waals surface area (Å²) in [6.45, 7) is 0.432. The van der Waals surface area contributed by atoms with E-state index in [9.17, 15) is 9.90 Å². The molecule has 0 radical (unpaired) electrons. The number of nitrogens with one attached hydrogen (secondary N) is 2. The van der Waals surface area contributed by atoms with Crippen LogP contribution in [0.1, 0.15) is 21.6 Å². The molecule has 31 heavy (non-hydrogen) atoms. The van der Waals surface area contributed by atoms with E-state index in [1.807, 2.05) is 54.6 Å². The number of H-pyrrole nitrogens is 1. The van der Waals surface area contributed by atoms with E-state index in [1.165, 1.54) is 6.21 Å². The van der Waals surface area contributed by atoms with Gasteiger partial charge in [-0.2, -0.15) is 10.2 Å². The zero-order valence-corrected chi connectivity index (χ0v) is 16.5. The van der Waals surface area contributed by atoms with Gasteiger partial charge in [0.2, 0.25) is 0 Å². The molecule has 4 rings (SSSR count). The third-order valence-corrected chi connectivity index (χ3v) is 4.50. The van der Waals surface area contributed by atoms with Crippen LogP contribution in [0.25, 0.3) is 11.3 Å². The SMILES string of the molecule is O=C(N/N=C/c1ccc(O)cc1)c1cc(-c2ccccc2OCc2ccccc2)n[nH]1. The van der Waals surface area contributed by atoms with Crippen LogP contribution >= 0.6 is 0 Å². The van der Waals surface area contributed by atoms with Gasteiger partial charge >= 0.3 is 0 Å². The van der Waals surface area contributed by atoms with E-state index in [2.05, 4.69) is 20.7 Å². The van der Waals surface area contributed by atoms with E-state index in [0.29, 0.717) is 18.1 Å². The number of amides is 1. The highest BCUT2D eigenvalue weighted by atomic mass is 16.5. The lowest BCUT2D eigenvalue weighted by Gasteiger charge is -2.10. The van der Waals surface area contributed by atoms with Gasteiger partial charge in [0.15, 0.2) is 0 Å². The molecule has 154 valence electrons. The standard InChI is InChI=1S/C24H20N4O3/c29-19-12-10-17(11-13-19)15-25-28-24(30)22-14-21(26-27-22)20-8-4-5-9-23(20)31-16-18-6-2-1-3-7-18/h1-15,29H,16H2,(H,26,27)(H,28,30)/b25-15+. The van der Waals surface area contributed by atoms with Gasteiger partial charge in [-0.1, -0.05) is 42.5 Å². The maximum Gasteiger partial charge on any atom is 0.289 e. The highest BCUT2D eigenvalue weighted by Gasteiger charge is 2.13. The summed E-state index contributed by atoms with van der Waals surface area (Å²) >= 11 is 0. The van der Waals surface area contributed by atoms with Crippen molar-refractivity contribution < 1.29 is 14.6 Å². The number of hydrazone groups is 1. The first-order valence-electron chi connectivity index (χ1n) is 9.63. The molecule has 0 spiro atoms. The fourth-order valence-electron chi connectivity index (χ4n) is 2.90. The van der Waals surface area contributed by atoms with Crippen LogP contribution in [0.2, 0.25) is 0 Å². The van der Waals surface area contributed by atoms with Gasteiger partial charge in [-0.3, -0.25) is 9.89 Å². The first-order valence-corrected chi connectivity index (χ1v) is 9.63. The second-order valence-electron chi connectivity index (χ2n) is 6.73. The second-order valence-corrected chi connectivity index (χ2v) is 6.73. The Kier molecular flexibility index (Phi) is 6.04. The molecule has 1 aromatic heterocycles. The number of ether oxygens (including phenoxy) is 1. The molecule has 3 N–H and O–H groups in total. The number of hydrogen-bond acceptors (Lipinski definition) is 5. The first-order chi connectivity index (χ1) is 15.2. The van der Waals surface area contributed by atoms with Crippen molar-refractivity contribution in [1.29, 1.82) is 0 Å². The van der Waals surface area contributed by atoms with Crippen LogP contribution < -0.4 is 10.2 Å². The third-order valence-electron chi connectivity index (χ3n) is 4.50. The molecular formula is C24H20N4O3. The first kappa shape index (κ1) is 19.9. The fourth-order valence-corrected chi connectivity index (χ4v) is 2.90. The summed E-state index contributed by atoms with van der Waals surface area (Å²) in [4.78, 5) is 12.4. The topological polar surface area (TPSA) is 99.6 Å². The maximum absolute atomic E-state index is 12.4. The quantitative estimate of drug-likeness (QED) is 0.314. The van der Waals surface area contributed by atoms with Gasteiger partial charge in [-0.25, -0.2) is 5.43 Å². The molecule has 0 aliphatic rings. The van der Waals surface area contributed by atoms with Crippen LogP contribution in [0.5, 0.6) is 11.5 Å². The van der Waals surface area contributed by atoms with Crippen molar-refractivity contribution in [3.05, 3.63) is 102 Å². The van der Waals surface area contributed by atoms with Crippen LogP contribution in [0, 0.1) is 0 Å². The molecule has 0 fully saturated rings. The minimum Gasteiger partial charge on any atom is -0.508 e. The van der Waals surface area contributed by atoms with E-state index in [1.54, 1.807) is 30.3 Å². The fraction of sp³-hybridized carbons (Fsp3) is 0.0417. The Morgan fingerprint density at radius 1 is 1.03 bits per heavy atom. The largest absolute Gasteiger partial charge is 0.508 e. The second kappa shape index (κ2) is 9.41. The zero-order chi connectivity index (χ0) is 21.5. The van der Waals surface area contributed by atoms with Crippen molar-refractivity contribution in [3.8, 4) is 22.8 Å². The zero-order valence-electron chi connectivity index (χ0n) is 16.5. The van der Waals surface area contributed by atoms with Crippen LogP contribution in [-0.2, 0) is 6.61 Å². The summed E-state index contributed by atoms with van der Waals surface area (Å²) in [7, 11) is 0. The molecule has 0 saturated carbocycles. The van der Waals surface area contributed by atoms with Gasteiger partial charge in [-0.05, 0) is 53.6 Å². The summed E-state index contributed by atoms with van der Waals surface area (Å²) in [5.41, 5.74) is 5.90. The van der Waals surface area contributed by atoms with Crippen LogP contribution in [0.3, 0.4) is 0 Å². The molecule has 0 atom stereocenters. The smallest absolute Gasteiger partial charge is 0.289 e. The summed E-state index contributed by atoms with van der Waals surface area (Å²) in [6, 6.07) is 25.5. The average Bonchev–Trinajstić information content (AvgIpc) is 3.30. The van der Waals surface area contributed by atoms with Crippen molar-refractivity contribution in [2.75, 3.05) is 0 Å². The minimum atomic E-state index is -0.420. The van der Waals surface area contributed by atoms with Gasteiger partial charge in [0.05, 0.1) is 11.9 Å². The van der Waals surface area contributed by atoms with Gasteiger partial charge in [0, 0.05) is 5.56 Å². The van der Waals surface area contributed by atoms with Crippen LogP contribution in [0.4, 0.5) is 0 Å². The molecule has 0 aliphatic heterocycles. The lowest BCUT2D eigenvalue weighted by atomic mass is 10.1. The van der Waals surface area contributed by atoms with Crippen molar-refractivity contribution >= 4 is 12.1 Å². The van der Waals surface area contributed by atoms with E-state index in [-0.39, 0.29) is 11.4 Å². The normalized spacial score (nSPS) is 10.8. The van der Waals surface area contributed by atoms with E-state index in [4.69, 9.17) is 4.74 Å². The summed E-state index contributed by atoms with van der Waals surface area (Å²) in [6.07, 6.45) is 1.49. The third kappa shape index (κ3) is 5.16. The molecule has 4 aromatic rings. The Morgan fingerprint density at radius 2 is 1.77 bits per heavy atom. The lowest BCUT2D eigenvalue weighted by molar-refractivity contribution is 0.0950. The predicted molar refractivity (Wildman–Crippen MR) is 118 cm³/mol. The van der Waals surface area contributed by atoms with Crippen molar-refractivity contribution in [1.82, 2.24) is 15.6 Å². The lowest BCUT2D eigenvalue weighted by Crippen LogP contribution is -2.17.